The molecular formula is C22H27NO2. The largest absolute Gasteiger partial charge is 0.465 e. The third-order valence-electron chi connectivity index (χ3n) is 4.10. The Morgan fingerprint density at radius 2 is 1.52 bits per heavy atom. The molecule has 0 spiro atoms. The second-order valence-electron chi connectivity index (χ2n) is 7.20. The summed E-state index contributed by atoms with van der Waals surface area (Å²) >= 11 is 0. The Balaban J connectivity index is 2.23. The number of rotatable bonds is 6. The lowest BCUT2D eigenvalue weighted by molar-refractivity contribution is 0.0832. The average molecular weight is 337 g/mol. The molecule has 0 aliphatic rings. The van der Waals surface area contributed by atoms with Crippen molar-refractivity contribution in [1.29, 1.82) is 0 Å². The highest BCUT2D eigenvalue weighted by atomic mass is 16.4. The van der Waals surface area contributed by atoms with Crippen molar-refractivity contribution in [3.05, 3.63) is 83.9 Å². The minimum Gasteiger partial charge on any atom is -0.465 e. The van der Waals surface area contributed by atoms with Crippen LogP contribution in [-0.4, -0.2) is 27.7 Å². The van der Waals surface area contributed by atoms with Crippen molar-refractivity contribution in [2.45, 2.75) is 45.2 Å². The number of nitrogens with zero attached hydrogens (tertiary/aromatic N) is 1. The number of carbonyl (C=O) groups is 1. The molecule has 0 aliphatic heterocycles. The topological polar surface area (TPSA) is 40.5 Å². The molecule has 0 radical (unpaired) electrons. The first-order valence-electron chi connectivity index (χ1n) is 8.64. The molecule has 2 aromatic rings. The summed E-state index contributed by atoms with van der Waals surface area (Å²) < 4.78 is 0. The molecule has 1 N–H and O–H groups in total. The van der Waals surface area contributed by atoms with Crippen molar-refractivity contribution in [2.24, 2.45) is 0 Å². The summed E-state index contributed by atoms with van der Waals surface area (Å²) in [6.07, 6.45) is 4.67. The Bertz CT molecular complexity index is 687. The molecule has 0 aromatic heterocycles. The minimum absolute atomic E-state index is 0.205. The van der Waals surface area contributed by atoms with Gasteiger partial charge in [-0.3, -0.25) is 4.90 Å². The molecule has 0 bridgehead atoms. The number of benzene rings is 2. The Hall–Kier alpha value is -2.55. The highest BCUT2D eigenvalue weighted by Gasteiger charge is 2.31. The molecule has 0 saturated carbocycles. The monoisotopic (exact) mass is 337 g/mol. The predicted octanol–water partition coefficient (Wildman–Crippen LogP) is 5.18. The normalized spacial score (nSPS) is 12.9. The molecule has 2 rings (SSSR count). The molecule has 25 heavy (non-hydrogen) atoms. The molecule has 0 fully saturated rings. The van der Waals surface area contributed by atoms with Gasteiger partial charge < -0.3 is 5.11 Å². The van der Waals surface area contributed by atoms with Gasteiger partial charge in [-0.2, -0.15) is 0 Å². The second-order valence-corrected chi connectivity index (χ2v) is 7.20. The van der Waals surface area contributed by atoms with Crippen LogP contribution >= 0.6 is 0 Å². The van der Waals surface area contributed by atoms with Gasteiger partial charge in [-0.15, -0.1) is 0 Å². The van der Waals surface area contributed by atoms with Crippen LogP contribution in [0.4, 0.5) is 4.79 Å². The molecule has 3 nitrogen and oxygen atoms in total. The van der Waals surface area contributed by atoms with Crippen LogP contribution in [0.2, 0.25) is 0 Å². The summed E-state index contributed by atoms with van der Waals surface area (Å²) in [6.45, 7) is 5.80. The summed E-state index contributed by atoms with van der Waals surface area (Å²) in [5.74, 6) is 0. The lowest BCUT2D eigenvalue weighted by Crippen LogP contribution is -2.51. The lowest BCUT2D eigenvalue weighted by Gasteiger charge is -2.38. The van der Waals surface area contributed by atoms with Gasteiger partial charge in [-0.05, 0) is 44.7 Å². The molecule has 2 aromatic carbocycles. The fourth-order valence-corrected chi connectivity index (χ4v) is 3.00. The van der Waals surface area contributed by atoms with E-state index in [2.05, 4.69) is 18.2 Å². The Morgan fingerprint density at radius 1 is 1.00 bits per heavy atom. The lowest BCUT2D eigenvalue weighted by atomic mass is 9.97. The van der Waals surface area contributed by atoms with Crippen LogP contribution in [0.3, 0.4) is 0 Å². The van der Waals surface area contributed by atoms with E-state index < -0.39 is 11.6 Å². The summed E-state index contributed by atoms with van der Waals surface area (Å²) in [5.41, 5.74) is 1.88. The zero-order valence-corrected chi connectivity index (χ0v) is 15.2. The summed E-state index contributed by atoms with van der Waals surface area (Å²) in [7, 11) is 0. The fraction of sp³-hybridized carbons (Fsp3) is 0.318. The number of hydrogen-bond donors (Lipinski definition) is 1. The Kier molecular flexibility index (Phi) is 6.40. The van der Waals surface area contributed by atoms with Gasteiger partial charge in [0, 0.05) is 5.54 Å². The number of hydrogen-bond acceptors (Lipinski definition) is 1. The maximum absolute atomic E-state index is 11.9. The SMILES string of the molecule is CC(C)(C)N(C(=O)O)[C@H](C=CCc1ccccc1)Cc1ccccc1. The van der Waals surface area contributed by atoms with Crippen LogP contribution in [-0.2, 0) is 12.8 Å². The van der Waals surface area contributed by atoms with Gasteiger partial charge in [-0.25, -0.2) is 4.79 Å². The first kappa shape index (κ1) is 18.8. The van der Waals surface area contributed by atoms with E-state index in [4.69, 9.17) is 0 Å². The third kappa shape index (κ3) is 5.79. The van der Waals surface area contributed by atoms with Gasteiger partial charge in [0.2, 0.25) is 0 Å². The standard InChI is InChI=1S/C22H27NO2/c1-22(2,3)23(21(24)25)20(17-19-13-8-5-9-14-19)16-10-15-18-11-6-4-7-12-18/h4-14,16,20H,15,17H2,1-3H3,(H,24,25)/t20-/m1/s1. The van der Waals surface area contributed by atoms with Crippen LogP contribution in [0.15, 0.2) is 72.8 Å². The van der Waals surface area contributed by atoms with Crippen molar-refractivity contribution in [3.63, 3.8) is 0 Å². The third-order valence-corrected chi connectivity index (χ3v) is 4.10. The minimum atomic E-state index is -0.891. The smallest absolute Gasteiger partial charge is 0.408 e. The Labute approximate surface area is 150 Å². The zero-order chi connectivity index (χ0) is 18.3. The number of allylic oxidation sites excluding steroid dienone is 1. The summed E-state index contributed by atoms with van der Waals surface area (Å²) in [5, 5.41) is 9.77. The molecule has 1 atom stereocenters. The van der Waals surface area contributed by atoms with E-state index in [0.717, 1.165) is 12.0 Å². The highest BCUT2D eigenvalue weighted by Crippen LogP contribution is 2.21. The van der Waals surface area contributed by atoms with Gasteiger partial charge in [0.25, 0.3) is 0 Å². The molecule has 0 aliphatic carbocycles. The van der Waals surface area contributed by atoms with Crippen molar-refractivity contribution in [1.82, 2.24) is 4.90 Å². The van der Waals surface area contributed by atoms with Crippen molar-refractivity contribution in [2.75, 3.05) is 0 Å². The highest BCUT2D eigenvalue weighted by molar-refractivity contribution is 5.67. The number of amides is 1. The maximum Gasteiger partial charge on any atom is 0.408 e. The molecule has 0 heterocycles. The maximum atomic E-state index is 11.9. The summed E-state index contributed by atoms with van der Waals surface area (Å²) in [4.78, 5) is 13.4. The molecule has 0 unspecified atom stereocenters. The van der Waals surface area contributed by atoms with Crippen LogP contribution in [0, 0.1) is 0 Å². The van der Waals surface area contributed by atoms with Gasteiger partial charge in [0.05, 0.1) is 6.04 Å². The second kappa shape index (κ2) is 8.52. The number of carboxylic acid groups (broad SMARTS) is 1. The fourth-order valence-electron chi connectivity index (χ4n) is 3.00. The van der Waals surface area contributed by atoms with E-state index in [1.54, 1.807) is 4.90 Å². The van der Waals surface area contributed by atoms with Crippen LogP contribution < -0.4 is 0 Å². The molecule has 1 amide bonds. The predicted molar refractivity (Wildman–Crippen MR) is 103 cm³/mol. The van der Waals surface area contributed by atoms with Crippen molar-refractivity contribution >= 4 is 6.09 Å². The molecular weight excluding hydrogens is 310 g/mol. The van der Waals surface area contributed by atoms with E-state index in [1.165, 1.54) is 5.56 Å². The molecule has 132 valence electrons. The Morgan fingerprint density at radius 3 is 2.00 bits per heavy atom. The first-order chi connectivity index (χ1) is 11.9. The van der Waals surface area contributed by atoms with Gasteiger partial charge in [0.1, 0.15) is 0 Å². The van der Waals surface area contributed by atoms with Crippen molar-refractivity contribution < 1.29 is 9.90 Å². The average Bonchev–Trinajstić information content (AvgIpc) is 2.55. The summed E-state index contributed by atoms with van der Waals surface area (Å²) in [6, 6.07) is 20.0. The van der Waals surface area contributed by atoms with E-state index >= 15 is 0 Å². The van der Waals surface area contributed by atoms with Crippen LogP contribution in [0.5, 0.6) is 0 Å². The van der Waals surface area contributed by atoms with Crippen LogP contribution in [0.25, 0.3) is 0 Å². The molecule has 0 saturated heterocycles. The van der Waals surface area contributed by atoms with E-state index in [0.29, 0.717) is 6.42 Å². The van der Waals surface area contributed by atoms with E-state index in [9.17, 15) is 9.90 Å². The van der Waals surface area contributed by atoms with Crippen LogP contribution in [0.1, 0.15) is 31.9 Å². The van der Waals surface area contributed by atoms with Gasteiger partial charge in [0.15, 0.2) is 0 Å². The van der Waals surface area contributed by atoms with E-state index in [-0.39, 0.29) is 6.04 Å². The zero-order valence-electron chi connectivity index (χ0n) is 15.2. The van der Waals surface area contributed by atoms with Gasteiger partial charge in [-0.1, -0.05) is 72.8 Å². The van der Waals surface area contributed by atoms with E-state index in [1.807, 2.05) is 75.4 Å². The quantitative estimate of drug-likeness (QED) is 0.738. The first-order valence-corrected chi connectivity index (χ1v) is 8.64. The van der Waals surface area contributed by atoms with Gasteiger partial charge >= 0.3 is 6.09 Å². The van der Waals surface area contributed by atoms with Crippen molar-refractivity contribution in [3.8, 4) is 0 Å². The molecule has 3 heteroatoms.